The Labute approximate surface area is 107 Å². The van der Waals surface area contributed by atoms with Gasteiger partial charge in [-0.25, -0.2) is 9.67 Å². The Balaban J connectivity index is 1.99. The molecule has 0 bridgehead atoms. The van der Waals surface area contributed by atoms with Crippen LogP contribution in [0.15, 0.2) is 30.6 Å². The lowest BCUT2D eigenvalue weighted by Gasteiger charge is -2.03. The van der Waals surface area contributed by atoms with Crippen molar-refractivity contribution in [2.24, 2.45) is 0 Å². The first-order valence-electron chi connectivity index (χ1n) is 6.13. The van der Waals surface area contributed by atoms with Gasteiger partial charge in [-0.2, -0.15) is 5.10 Å². The van der Waals surface area contributed by atoms with Crippen LogP contribution in [-0.4, -0.2) is 20.5 Å². The van der Waals surface area contributed by atoms with Crippen molar-refractivity contribution in [3.8, 4) is 0 Å². The largest absolute Gasteiger partial charge is 0.299 e. The zero-order chi connectivity index (χ0) is 13.0. The second-order valence-electron chi connectivity index (χ2n) is 4.37. The number of carbonyl (C=O) groups is 1. The number of nitrogens with zero attached hydrogens (tertiary/aromatic N) is 3. The van der Waals surface area contributed by atoms with E-state index in [1.54, 1.807) is 4.68 Å². The fourth-order valence-electron chi connectivity index (χ4n) is 1.86. The molecule has 0 unspecified atom stereocenters. The predicted molar refractivity (Wildman–Crippen MR) is 69.3 cm³/mol. The number of ketones is 1. The van der Waals surface area contributed by atoms with E-state index in [1.165, 1.54) is 11.9 Å². The Morgan fingerprint density at radius 1 is 1.22 bits per heavy atom. The lowest BCUT2D eigenvalue weighted by atomic mass is 10.1. The molecule has 0 saturated carbocycles. The van der Waals surface area contributed by atoms with Crippen LogP contribution in [0.1, 0.15) is 23.9 Å². The smallest absolute Gasteiger partial charge is 0.144 e. The number of carbonyl (C=O) groups excluding carboxylic acids is 1. The van der Waals surface area contributed by atoms with Crippen LogP contribution in [-0.2, 0) is 24.2 Å². The molecule has 18 heavy (non-hydrogen) atoms. The zero-order valence-electron chi connectivity index (χ0n) is 10.8. The molecule has 0 aliphatic carbocycles. The summed E-state index contributed by atoms with van der Waals surface area (Å²) in [5.74, 6) is 0.913. The van der Waals surface area contributed by atoms with Crippen molar-refractivity contribution >= 4 is 5.78 Å². The topological polar surface area (TPSA) is 47.8 Å². The van der Waals surface area contributed by atoms with Crippen LogP contribution in [0, 0.1) is 6.92 Å². The molecular weight excluding hydrogens is 226 g/mol. The molecule has 1 aromatic heterocycles. The molecule has 4 nitrogen and oxygen atoms in total. The van der Waals surface area contributed by atoms with Crippen LogP contribution in [0.3, 0.4) is 0 Å². The average molecular weight is 243 g/mol. The average Bonchev–Trinajstić information content (AvgIpc) is 2.79. The van der Waals surface area contributed by atoms with Crippen LogP contribution in [0.5, 0.6) is 0 Å². The van der Waals surface area contributed by atoms with Crippen molar-refractivity contribution in [3.05, 3.63) is 47.5 Å². The Kier molecular flexibility index (Phi) is 3.87. The summed E-state index contributed by atoms with van der Waals surface area (Å²) < 4.78 is 1.76. The summed E-state index contributed by atoms with van der Waals surface area (Å²) >= 11 is 0. The maximum atomic E-state index is 12.0. The highest BCUT2D eigenvalue weighted by atomic mass is 16.1. The SMILES string of the molecule is CCn1ncnc1CC(=O)Cc1ccc(C)cc1. The fourth-order valence-corrected chi connectivity index (χ4v) is 1.86. The van der Waals surface area contributed by atoms with Crippen LogP contribution in [0.25, 0.3) is 0 Å². The third-order valence-corrected chi connectivity index (χ3v) is 2.87. The zero-order valence-corrected chi connectivity index (χ0v) is 10.8. The Morgan fingerprint density at radius 2 is 1.94 bits per heavy atom. The maximum Gasteiger partial charge on any atom is 0.144 e. The quantitative estimate of drug-likeness (QED) is 0.806. The first-order chi connectivity index (χ1) is 8.69. The van der Waals surface area contributed by atoms with E-state index >= 15 is 0 Å². The summed E-state index contributed by atoms with van der Waals surface area (Å²) in [6.45, 7) is 4.77. The van der Waals surface area contributed by atoms with Gasteiger partial charge in [-0.15, -0.1) is 0 Å². The molecule has 0 N–H and O–H groups in total. The summed E-state index contributed by atoms with van der Waals surface area (Å²) in [5, 5.41) is 4.06. The third kappa shape index (κ3) is 3.03. The van der Waals surface area contributed by atoms with E-state index < -0.39 is 0 Å². The number of rotatable bonds is 5. The minimum absolute atomic E-state index is 0.168. The van der Waals surface area contributed by atoms with Gasteiger partial charge in [0.15, 0.2) is 0 Å². The van der Waals surface area contributed by atoms with Gasteiger partial charge in [0.1, 0.15) is 17.9 Å². The molecule has 0 spiro atoms. The first kappa shape index (κ1) is 12.5. The van der Waals surface area contributed by atoms with Crippen LogP contribution >= 0.6 is 0 Å². The van der Waals surface area contributed by atoms with Crippen molar-refractivity contribution in [1.82, 2.24) is 14.8 Å². The highest BCUT2D eigenvalue weighted by Gasteiger charge is 2.10. The molecule has 0 aliphatic heterocycles. The van der Waals surface area contributed by atoms with Gasteiger partial charge < -0.3 is 0 Å². The van der Waals surface area contributed by atoms with Gasteiger partial charge in [-0.3, -0.25) is 4.79 Å². The molecule has 0 fully saturated rings. The molecule has 0 amide bonds. The summed E-state index contributed by atoms with van der Waals surface area (Å²) in [5.41, 5.74) is 2.25. The molecule has 1 heterocycles. The second kappa shape index (κ2) is 5.58. The molecule has 0 aliphatic rings. The number of Topliss-reactive ketones (excluding diaryl/α,β-unsaturated/α-hetero) is 1. The van der Waals surface area contributed by atoms with E-state index in [4.69, 9.17) is 0 Å². The lowest BCUT2D eigenvalue weighted by Crippen LogP contribution is -2.12. The fraction of sp³-hybridized carbons (Fsp3) is 0.357. The van der Waals surface area contributed by atoms with E-state index in [0.717, 1.165) is 17.9 Å². The number of hydrogen-bond acceptors (Lipinski definition) is 3. The van der Waals surface area contributed by atoms with Crippen molar-refractivity contribution in [2.75, 3.05) is 0 Å². The van der Waals surface area contributed by atoms with Crippen LogP contribution < -0.4 is 0 Å². The van der Waals surface area contributed by atoms with E-state index in [0.29, 0.717) is 12.8 Å². The number of hydrogen-bond donors (Lipinski definition) is 0. The third-order valence-electron chi connectivity index (χ3n) is 2.87. The molecule has 1 aromatic carbocycles. The molecule has 0 saturated heterocycles. The minimum atomic E-state index is 0.168. The van der Waals surface area contributed by atoms with Gasteiger partial charge in [-0.1, -0.05) is 29.8 Å². The van der Waals surface area contributed by atoms with Crippen molar-refractivity contribution in [1.29, 1.82) is 0 Å². The molecule has 2 aromatic rings. The summed E-state index contributed by atoms with van der Waals surface area (Å²) in [6.07, 6.45) is 2.30. The van der Waals surface area contributed by atoms with Gasteiger partial charge in [0.05, 0.1) is 6.42 Å². The van der Waals surface area contributed by atoms with Gasteiger partial charge in [-0.05, 0) is 19.4 Å². The van der Waals surface area contributed by atoms with Gasteiger partial charge in [0.2, 0.25) is 0 Å². The Bertz CT molecular complexity index is 528. The van der Waals surface area contributed by atoms with Crippen molar-refractivity contribution < 1.29 is 4.79 Å². The van der Waals surface area contributed by atoms with Crippen molar-refractivity contribution in [3.63, 3.8) is 0 Å². The molecule has 94 valence electrons. The van der Waals surface area contributed by atoms with Gasteiger partial charge >= 0.3 is 0 Å². The molecule has 0 atom stereocenters. The van der Waals surface area contributed by atoms with Crippen LogP contribution in [0.4, 0.5) is 0 Å². The minimum Gasteiger partial charge on any atom is -0.299 e. The van der Waals surface area contributed by atoms with E-state index in [1.807, 2.05) is 38.1 Å². The second-order valence-corrected chi connectivity index (χ2v) is 4.37. The van der Waals surface area contributed by atoms with Crippen molar-refractivity contribution in [2.45, 2.75) is 33.2 Å². The first-order valence-corrected chi connectivity index (χ1v) is 6.13. The summed E-state index contributed by atoms with van der Waals surface area (Å²) in [7, 11) is 0. The number of benzene rings is 1. The molecule has 2 rings (SSSR count). The van der Waals surface area contributed by atoms with E-state index in [-0.39, 0.29) is 5.78 Å². The number of aryl methyl sites for hydroxylation is 2. The molecule has 4 heteroatoms. The van der Waals surface area contributed by atoms with Gasteiger partial charge in [0.25, 0.3) is 0 Å². The maximum absolute atomic E-state index is 12.0. The van der Waals surface area contributed by atoms with Crippen LogP contribution in [0.2, 0.25) is 0 Å². The summed E-state index contributed by atoms with van der Waals surface area (Å²) in [4.78, 5) is 16.1. The Morgan fingerprint density at radius 3 is 2.61 bits per heavy atom. The van der Waals surface area contributed by atoms with E-state index in [9.17, 15) is 4.79 Å². The Hall–Kier alpha value is -1.97. The number of aromatic nitrogens is 3. The van der Waals surface area contributed by atoms with Gasteiger partial charge in [0, 0.05) is 13.0 Å². The highest BCUT2D eigenvalue weighted by molar-refractivity contribution is 5.82. The highest BCUT2D eigenvalue weighted by Crippen LogP contribution is 2.06. The lowest BCUT2D eigenvalue weighted by molar-refractivity contribution is -0.117. The normalized spacial score (nSPS) is 10.6. The molecular formula is C14H17N3O. The standard InChI is InChI=1S/C14H17N3O/c1-3-17-14(15-10-16-17)9-13(18)8-12-6-4-11(2)5-7-12/h4-7,10H,3,8-9H2,1-2H3. The van der Waals surface area contributed by atoms with E-state index in [2.05, 4.69) is 10.1 Å². The predicted octanol–water partition coefficient (Wildman–Crippen LogP) is 1.96. The summed E-state index contributed by atoms with van der Waals surface area (Å²) in [6, 6.07) is 8.05. The monoisotopic (exact) mass is 243 g/mol. The molecule has 0 radical (unpaired) electrons.